The van der Waals surface area contributed by atoms with Gasteiger partial charge in [0.2, 0.25) is 0 Å². The highest BCUT2D eigenvalue weighted by atomic mass is 16.5. The quantitative estimate of drug-likeness (QED) is 0.820. The van der Waals surface area contributed by atoms with Gasteiger partial charge in [-0.2, -0.15) is 0 Å². The summed E-state index contributed by atoms with van der Waals surface area (Å²) >= 11 is 0. The summed E-state index contributed by atoms with van der Waals surface area (Å²) in [4.78, 5) is 0. The predicted octanol–water partition coefficient (Wildman–Crippen LogP) is 1.83. The van der Waals surface area contributed by atoms with E-state index in [0.717, 1.165) is 31.0 Å². The first-order valence-electron chi connectivity index (χ1n) is 5.26. The summed E-state index contributed by atoms with van der Waals surface area (Å²) in [5.41, 5.74) is -0.0609. The lowest BCUT2D eigenvalue weighted by Crippen LogP contribution is -2.34. The van der Waals surface area contributed by atoms with Gasteiger partial charge in [0.15, 0.2) is 0 Å². The monoisotopic (exact) mass is 207 g/mol. The first-order valence-corrected chi connectivity index (χ1v) is 5.26. The van der Waals surface area contributed by atoms with E-state index in [2.05, 4.69) is 12.2 Å². The van der Waals surface area contributed by atoms with Gasteiger partial charge in [-0.25, -0.2) is 0 Å². The van der Waals surface area contributed by atoms with E-state index in [1.165, 1.54) is 0 Å². The lowest BCUT2D eigenvalue weighted by Gasteiger charge is -2.24. The van der Waals surface area contributed by atoms with Crippen LogP contribution in [-0.2, 0) is 0 Å². The van der Waals surface area contributed by atoms with E-state index in [9.17, 15) is 0 Å². The summed E-state index contributed by atoms with van der Waals surface area (Å²) in [6.07, 6.45) is 1.05. The molecular formula is C12H17NO2. The highest BCUT2D eigenvalue weighted by Gasteiger charge is 2.30. The number of nitrogens with one attached hydrogen (secondary N) is 1. The van der Waals surface area contributed by atoms with Crippen LogP contribution in [0.15, 0.2) is 24.3 Å². The molecule has 0 aliphatic carbocycles. The van der Waals surface area contributed by atoms with Gasteiger partial charge < -0.3 is 14.8 Å². The zero-order valence-electron chi connectivity index (χ0n) is 9.25. The van der Waals surface area contributed by atoms with Crippen LogP contribution in [0.3, 0.4) is 0 Å². The molecule has 1 aliphatic heterocycles. The zero-order valence-corrected chi connectivity index (χ0v) is 9.25. The van der Waals surface area contributed by atoms with Gasteiger partial charge in [-0.3, -0.25) is 0 Å². The number of methoxy groups -OCH3 is 1. The molecule has 3 nitrogen and oxygen atoms in total. The van der Waals surface area contributed by atoms with Crippen molar-refractivity contribution in [3.8, 4) is 11.5 Å². The maximum atomic E-state index is 5.94. The zero-order chi connectivity index (χ0) is 10.7. The fourth-order valence-electron chi connectivity index (χ4n) is 1.81. The molecule has 1 aliphatic rings. The third-order valence-electron chi connectivity index (χ3n) is 2.75. The summed E-state index contributed by atoms with van der Waals surface area (Å²) in [7, 11) is 1.66. The molecule has 0 spiro atoms. The molecule has 0 amide bonds. The van der Waals surface area contributed by atoms with Gasteiger partial charge in [0.1, 0.15) is 17.1 Å². The predicted molar refractivity (Wildman–Crippen MR) is 59.5 cm³/mol. The van der Waals surface area contributed by atoms with Crippen LogP contribution >= 0.6 is 0 Å². The summed E-state index contributed by atoms with van der Waals surface area (Å²) in [5.74, 6) is 1.76. The Bertz CT molecular complexity index is 315. The van der Waals surface area contributed by atoms with Gasteiger partial charge in [0, 0.05) is 13.0 Å². The Hall–Kier alpha value is -1.22. The smallest absolute Gasteiger partial charge is 0.120 e. The topological polar surface area (TPSA) is 30.5 Å². The highest BCUT2D eigenvalue weighted by Crippen LogP contribution is 2.25. The molecule has 1 unspecified atom stereocenters. The van der Waals surface area contributed by atoms with Crippen LogP contribution < -0.4 is 14.8 Å². The van der Waals surface area contributed by atoms with E-state index in [0.29, 0.717) is 0 Å². The molecule has 3 heteroatoms. The average molecular weight is 207 g/mol. The van der Waals surface area contributed by atoms with Gasteiger partial charge in [-0.15, -0.1) is 0 Å². The number of ether oxygens (including phenoxy) is 2. The van der Waals surface area contributed by atoms with Crippen molar-refractivity contribution < 1.29 is 9.47 Å². The summed E-state index contributed by atoms with van der Waals surface area (Å²) in [6, 6.07) is 7.73. The molecule has 0 radical (unpaired) electrons. The normalized spacial score (nSPS) is 25.2. The summed E-state index contributed by atoms with van der Waals surface area (Å²) in [5, 5.41) is 3.31. The first-order chi connectivity index (χ1) is 7.22. The van der Waals surface area contributed by atoms with Crippen molar-refractivity contribution in [1.29, 1.82) is 0 Å². The van der Waals surface area contributed by atoms with Gasteiger partial charge in [0.05, 0.1) is 7.11 Å². The molecule has 1 fully saturated rings. The van der Waals surface area contributed by atoms with E-state index in [1.54, 1.807) is 7.11 Å². The van der Waals surface area contributed by atoms with Crippen LogP contribution in [-0.4, -0.2) is 25.8 Å². The van der Waals surface area contributed by atoms with Crippen LogP contribution in [0, 0.1) is 0 Å². The van der Waals surface area contributed by atoms with Gasteiger partial charge >= 0.3 is 0 Å². The van der Waals surface area contributed by atoms with E-state index < -0.39 is 0 Å². The third kappa shape index (κ3) is 2.42. The lowest BCUT2D eigenvalue weighted by molar-refractivity contribution is 0.111. The molecule has 1 heterocycles. The highest BCUT2D eigenvalue weighted by molar-refractivity contribution is 5.31. The summed E-state index contributed by atoms with van der Waals surface area (Å²) in [6.45, 7) is 4.09. The second kappa shape index (κ2) is 4.11. The van der Waals surface area contributed by atoms with E-state index >= 15 is 0 Å². The molecule has 15 heavy (non-hydrogen) atoms. The van der Waals surface area contributed by atoms with Crippen molar-refractivity contribution in [1.82, 2.24) is 5.32 Å². The Labute approximate surface area is 90.4 Å². The molecule has 1 atom stereocenters. The molecule has 0 saturated carbocycles. The Morgan fingerprint density at radius 3 is 2.40 bits per heavy atom. The molecule has 82 valence electrons. The second-order valence-corrected chi connectivity index (χ2v) is 4.15. The van der Waals surface area contributed by atoms with Crippen LogP contribution in [0.5, 0.6) is 11.5 Å². The summed E-state index contributed by atoms with van der Waals surface area (Å²) < 4.78 is 11.0. The minimum Gasteiger partial charge on any atom is -0.497 e. The Kier molecular flexibility index (Phi) is 2.82. The number of hydrogen-bond donors (Lipinski definition) is 1. The van der Waals surface area contributed by atoms with Crippen molar-refractivity contribution >= 4 is 0 Å². The van der Waals surface area contributed by atoms with Gasteiger partial charge in [0.25, 0.3) is 0 Å². The average Bonchev–Trinajstić information content (AvgIpc) is 2.66. The SMILES string of the molecule is COc1ccc(OC2(C)CCNC2)cc1. The minimum atomic E-state index is -0.0609. The van der Waals surface area contributed by atoms with E-state index in [1.807, 2.05) is 24.3 Å². The maximum absolute atomic E-state index is 5.94. The molecule has 0 bridgehead atoms. The number of rotatable bonds is 3. The van der Waals surface area contributed by atoms with Gasteiger partial charge in [-0.1, -0.05) is 0 Å². The van der Waals surface area contributed by atoms with Crippen LogP contribution in [0.2, 0.25) is 0 Å². The van der Waals surface area contributed by atoms with E-state index in [4.69, 9.17) is 9.47 Å². The fraction of sp³-hybridized carbons (Fsp3) is 0.500. The molecule has 2 rings (SSSR count). The van der Waals surface area contributed by atoms with Crippen molar-refractivity contribution in [3.63, 3.8) is 0 Å². The first kappa shape index (κ1) is 10.3. The van der Waals surface area contributed by atoms with Crippen molar-refractivity contribution in [2.24, 2.45) is 0 Å². The maximum Gasteiger partial charge on any atom is 0.120 e. The lowest BCUT2D eigenvalue weighted by atomic mass is 10.1. The Morgan fingerprint density at radius 2 is 1.87 bits per heavy atom. The number of benzene rings is 1. The third-order valence-corrected chi connectivity index (χ3v) is 2.75. The molecule has 1 N–H and O–H groups in total. The molecule has 1 saturated heterocycles. The molecule has 1 aromatic rings. The van der Waals surface area contributed by atoms with E-state index in [-0.39, 0.29) is 5.60 Å². The standard InChI is InChI=1S/C12H17NO2/c1-12(7-8-13-9-12)15-11-5-3-10(14-2)4-6-11/h3-6,13H,7-9H2,1-2H3. The van der Waals surface area contributed by atoms with Crippen molar-refractivity contribution in [2.75, 3.05) is 20.2 Å². The number of hydrogen-bond acceptors (Lipinski definition) is 3. The fourth-order valence-corrected chi connectivity index (χ4v) is 1.81. The van der Waals surface area contributed by atoms with Crippen molar-refractivity contribution in [2.45, 2.75) is 18.9 Å². The molecular weight excluding hydrogens is 190 g/mol. The van der Waals surface area contributed by atoms with Crippen LogP contribution in [0.1, 0.15) is 13.3 Å². The van der Waals surface area contributed by atoms with Gasteiger partial charge in [-0.05, 0) is 37.7 Å². The minimum absolute atomic E-state index is 0.0609. The largest absolute Gasteiger partial charge is 0.497 e. The van der Waals surface area contributed by atoms with Crippen LogP contribution in [0.25, 0.3) is 0 Å². The molecule has 0 aromatic heterocycles. The van der Waals surface area contributed by atoms with Crippen LogP contribution in [0.4, 0.5) is 0 Å². The Balaban J connectivity index is 2.04. The second-order valence-electron chi connectivity index (χ2n) is 4.15. The molecule has 1 aromatic carbocycles. The Morgan fingerprint density at radius 1 is 1.20 bits per heavy atom. The van der Waals surface area contributed by atoms with Crippen molar-refractivity contribution in [3.05, 3.63) is 24.3 Å².